The lowest BCUT2D eigenvalue weighted by Gasteiger charge is -2.10. The third-order valence-electron chi connectivity index (χ3n) is 1.95. The SMILES string of the molecule is C=C(CN)Cn1ccnc1C(C)C. The minimum absolute atomic E-state index is 0.445. The highest BCUT2D eigenvalue weighted by atomic mass is 15.1. The molecule has 13 heavy (non-hydrogen) atoms. The van der Waals surface area contributed by atoms with Crippen LogP contribution in [-0.4, -0.2) is 16.1 Å². The lowest BCUT2D eigenvalue weighted by molar-refractivity contribution is 0.659. The van der Waals surface area contributed by atoms with E-state index in [9.17, 15) is 0 Å². The van der Waals surface area contributed by atoms with Gasteiger partial charge in [0.25, 0.3) is 0 Å². The molecule has 3 heteroatoms. The summed E-state index contributed by atoms with van der Waals surface area (Å²) in [5.74, 6) is 1.54. The maximum absolute atomic E-state index is 5.48. The smallest absolute Gasteiger partial charge is 0.111 e. The van der Waals surface area contributed by atoms with Gasteiger partial charge in [-0.25, -0.2) is 4.98 Å². The molecule has 0 amide bonds. The Morgan fingerprint density at radius 2 is 2.38 bits per heavy atom. The normalized spacial score (nSPS) is 10.8. The van der Waals surface area contributed by atoms with Gasteiger partial charge in [-0.2, -0.15) is 0 Å². The van der Waals surface area contributed by atoms with Crippen molar-refractivity contribution in [2.75, 3.05) is 6.54 Å². The molecule has 72 valence electrons. The van der Waals surface area contributed by atoms with Crippen LogP contribution in [0, 0.1) is 0 Å². The average molecular weight is 179 g/mol. The van der Waals surface area contributed by atoms with Crippen molar-refractivity contribution in [2.24, 2.45) is 5.73 Å². The van der Waals surface area contributed by atoms with Crippen molar-refractivity contribution in [2.45, 2.75) is 26.3 Å². The molecule has 3 nitrogen and oxygen atoms in total. The van der Waals surface area contributed by atoms with Gasteiger partial charge in [0, 0.05) is 31.4 Å². The zero-order valence-corrected chi connectivity index (χ0v) is 8.33. The van der Waals surface area contributed by atoms with Crippen LogP contribution in [-0.2, 0) is 6.54 Å². The van der Waals surface area contributed by atoms with E-state index in [1.807, 2.05) is 12.4 Å². The molecule has 1 aromatic heterocycles. The fourth-order valence-electron chi connectivity index (χ4n) is 1.26. The van der Waals surface area contributed by atoms with E-state index in [0.717, 1.165) is 17.9 Å². The summed E-state index contributed by atoms with van der Waals surface area (Å²) in [5.41, 5.74) is 6.51. The van der Waals surface area contributed by atoms with Crippen molar-refractivity contribution in [1.29, 1.82) is 0 Å². The fraction of sp³-hybridized carbons (Fsp3) is 0.500. The van der Waals surface area contributed by atoms with Crippen molar-refractivity contribution in [3.8, 4) is 0 Å². The summed E-state index contributed by atoms with van der Waals surface area (Å²) >= 11 is 0. The zero-order chi connectivity index (χ0) is 9.84. The summed E-state index contributed by atoms with van der Waals surface area (Å²) in [6.45, 7) is 9.45. The Balaban J connectivity index is 2.76. The first kappa shape index (κ1) is 9.99. The van der Waals surface area contributed by atoms with Crippen LogP contribution < -0.4 is 5.73 Å². The number of nitrogens with two attached hydrogens (primary N) is 1. The monoisotopic (exact) mass is 179 g/mol. The molecule has 0 fully saturated rings. The van der Waals surface area contributed by atoms with Gasteiger partial charge in [0.05, 0.1) is 0 Å². The van der Waals surface area contributed by atoms with Crippen LogP contribution in [0.4, 0.5) is 0 Å². The molecule has 0 aliphatic heterocycles. The molecule has 0 saturated heterocycles. The van der Waals surface area contributed by atoms with Crippen molar-refractivity contribution in [3.05, 3.63) is 30.4 Å². The molecule has 1 heterocycles. The van der Waals surface area contributed by atoms with E-state index in [0.29, 0.717) is 12.5 Å². The summed E-state index contributed by atoms with van der Waals surface area (Å²) in [6.07, 6.45) is 3.79. The Kier molecular flexibility index (Phi) is 3.25. The van der Waals surface area contributed by atoms with E-state index in [1.165, 1.54) is 0 Å². The van der Waals surface area contributed by atoms with Gasteiger partial charge in [0.15, 0.2) is 0 Å². The predicted molar refractivity (Wildman–Crippen MR) is 54.5 cm³/mol. The highest BCUT2D eigenvalue weighted by Gasteiger charge is 2.06. The quantitative estimate of drug-likeness (QED) is 0.712. The van der Waals surface area contributed by atoms with E-state index in [4.69, 9.17) is 5.73 Å². The summed E-state index contributed by atoms with van der Waals surface area (Å²) in [7, 11) is 0. The molecule has 0 atom stereocenters. The number of imidazole rings is 1. The van der Waals surface area contributed by atoms with Crippen LogP contribution in [0.1, 0.15) is 25.6 Å². The Bertz CT molecular complexity index is 286. The van der Waals surface area contributed by atoms with Crippen molar-refractivity contribution < 1.29 is 0 Å². The van der Waals surface area contributed by atoms with E-state index >= 15 is 0 Å². The second-order valence-electron chi connectivity index (χ2n) is 3.52. The average Bonchev–Trinajstić information content (AvgIpc) is 2.52. The lowest BCUT2D eigenvalue weighted by atomic mass is 10.2. The zero-order valence-electron chi connectivity index (χ0n) is 8.33. The Labute approximate surface area is 79.3 Å². The Morgan fingerprint density at radius 1 is 1.69 bits per heavy atom. The molecule has 0 saturated carbocycles. The summed E-state index contributed by atoms with van der Waals surface area (Å²) in [6, 6.07) is 0. The fourth-order valence-corrected chi connectivity index (χ4v) is 1.26. The first-order chi connectivity index (χ1) is 6.15. The number of aromatic nitrogens is 2. The molecule has 1 rings (SSSR count). The number of hydrogen-bond acceptors (Lipinski definition) is 2. The second kappa shape index (κ2) is 4.23. The van der Waals surface area contributed by atoms with Crippen molar-refractivity contribution in [1.82, 2.24) is 9.55 Å². The second-order valence-corrected chi connectivity index (χ2v) is 3.52. The van der Waals surface area contributed by atoms with Gasteiger partial charge in [-0.15, -0.1) is 0 Å². The highest BCUT2D eigenvalue weighted by Crippen LogP contribution is 2.12. The van der Waals surface area contributed by atoms with E-state index in [1.54, 1.807) is 0 Å². The van der Waals surface area contributed by atoms with Gasteiger partial charge in [-0.05, 0) is 5.57 Å². The van der Waals surface area contributed by atoms with Crippen LogP contribution in [0.15, 0.2) is 24.5 Å². The predicted octanol–water partition coefficient (Wildman–Crippen LogP) is 1.52. The molecule has 0 aliphatic carbocycles. The Hall–Kier alpha value is -1.09. The summed E-state index contributed by atoms with van der Waals surface area (Å²) in [5, 5.41) is 0. The first-order valence-corrected chi connectivity index (χ1v) is 4.53. The Morgan fingerprint density at radius 3 is 2.92 bits per heavy atom. The summed E-state index contributed by atoms with van der Waals surface area (Å²) in [4.78, 5) is 4.28. The minimum atomic E-state index is 0.445. The lowest BCUT2D eigenvalue weighted by Crippen LogP contribution is -2.11. The topological polar surface area (TPSA) is 43.8 Å². The molecular weight excluding hydrogens is 162 g/mol. The largest absolute Gasteiger partial charge is 0.331 e. The van der Waals surface area contributed by atoms with Gasteiger partial charge in [-0.3, -0.25) is 0 Å². The number of nitrogens with zero attached hydrogens (tertiary/aromatic N) is 2. The van der Waals surface area contributed by atoms with Crippen LogP contribution in [0.5, 0.6) is 0 Å². The van der Waals surface area contributed by atoms with Gasteiger partial charge in [-0.1, -0.05) is 20.4 Å². The van der Waals surface area contributed by atoms with E-state index < -0.39 is 0 Å². The van der Waals surface area contributed by atoms with Crippen molar-refractivity contribution in [3.63, 3.8) is 0 Å². The van der Waals surface area contributed by atoms with Crippen LogP contribution in [0.2, 0.25) is 0 Å². The number of rotatable bonds is 4. The summed E-state index contributed by atoms with van der Waals surface area (Å²) < 4.78 is 2.10. The third-order valence-corrected chi connectivity index (χ3v) is 1.95. The molecular formula is C10H17N3. The maximum atomic E-state index is 5.48. The van der Waals surface area contributed by atoms with Crippen LogP contribution in [0.3, 0.4) is 0 Å². The molecule has 2 N–H and O–H groups in total. The van der Waals surface area contributed by atoms with Gasteiger partial charge < -0.3 is 10.3 Å². The molecule has 0 aliphatic rings. The molecule has 0 radical (unpaired) electrons. The van der Waals surface area contributed by atoms with E-state index in [-0.39, 0.29) is 0 Å². The van der Waals surface area contributed by atoms with Crippen LogP contribution >= 0.6 is 0 Å². The van der Waals surface area contributed by atoms with Crippen molar-refractivity contribution >= 4 is 0 Å². The number of hydrogen-bond donors (Lipinski definition) is 1. The first-order valence-electron chi connectivity index (χ1n) is 4.53. The van der Waals surface area contributed by atoms with Gasteiger partial charge in [0.1, 0.15) is 5.82 Å². The van der Waals surface area contributed by atoms with E-state index in [2.05, 4.69) is 30.0 Å². The molecule has 1 aromatic rings. The molecule has 0 spiro atoms. The van der Waals surface area contributed by atoms with Gasteiger partial charge >= 0.3 is 0 Å². The third kappa shape index (κ3) is 2.42. The molecule has 0 unspecified atom stereocenters. The minimum Gasteiger partial charge on any atom is -0.331 e. The maximum Gasteiger partial charge on any atom is 0.111 e. The molecule has 0 bridgehead atoms. The standard InChI is InChI=1S/C10H17N3/c1-8(2)10-12-4-5-13(10)7-9(3)6-11/h4-5,8H,3,6-7,11H2,1-2H3. The van der Waals surface area contributed by atoms with Crippen LogP contribution in [0.25, 0.3) is 0 Å². The molecule has 0 aromatic carbocycles. The highest BCUT2D eigenvalue weighted by molar-refractivity contribution is 5.04. The van der Waals surface area contributed by atoms with Gasteiger partial charge in [0.2, 0.25) is 0 Å².